The number of nitrogens with zero attached hydrogens (tertiary/aromatic N) is 1. The zero-order valence-electron chi connectivity index (χ0n) is 12.7. The number of hydrogen-bond donors (Lipinski definition) is 2. The van der Waals surface area contributed by atoms with Gasteiger partial charge >= 0.3 is 18.2 Å². The maximum atomic E-state index is 12.5. The minimum atomic E-state index is -4.43. The molecule has 0 saturated heterocycles. The van der Waals surface area contributed by atoms with E-state index in [1.54, 1.807) is 0 Å². The van der Waals surface area contributed by atoms with Crippen molar-refractivity contribution in [2.75, 3.05) is 13.7 Å². The summed E-state index contributed by atoms with van der Waals surface area (Å²) in [6.07, 6.45) is -4.43. The average molecular weight is 335 g/mol. The van der Waals surface area contributed by atoms with Gasteiger partial charge in [0, 0.05) is 18.4 Å². The van der Waals surface area contributed by atoms with Crippen molar-refractivity contribution >= 4 is 17.9 Å². The molecule has 0 atom stereocenters. The number of rotatable bonds is 4. The zero-order chi connectivity index (χ0) is 17.8. The number of ether oxygens (including phenoxy) is 1. The third-order valence-corrected chi connectivity index (χ3v) is 2.95. The van der Waals surface area contributed by atoms with Crippen molar-refractivity contribution < 1.29 is 32.3 Å². The van der Waals surface area contributed by atoms with Crippen LogP contribution in [0, 0.1) is 13.8 Å². The minimum absolute atomic E-state index is 0.0699. The fraction of sp³-hybridized carbons (Fsp3) is 0.462. The summed E-state index contributed by atoms with van der Waals surface area (Å²) in [5, 5.41) is 4.01. The average Bonchev–Trinajstić information content (AvgIpc) is 2.71. The summed E-state index contributed by atoms with van der Waals surface area (Å²) in [7, 11) is 1.30. The van der Waals surface area contributed by atoms with E-state index < -0.39 is 37.2 Å². The van der Waals surface area contributed by atoms with Crippen molar-refractivity contribution in [2.45, 2.75) is 26.6 Å². The number of hydrogen-bond acceptors (Lipinski definition) is 4. The second kappa shape index (κ2) is 7.16. The first kappa shape index (κ1) is 18.5. The van der Waals surface area contributed by atoms with Gasteiger partial charge in [-0.3, -0.25) is 10.1 Å². The van der Waals surface area contributed by atoms with E-state index in [-0.39, 0.29) is 17.0 Å². The molecule has 0 aliphatic carbocycles. The lowest BCUT2D eigenvalue weighted by atomic mass is 10.2. The van der Waals surface area contributed by atoms with E-state index in [1.165, 1.54) is 27.0 Å². The predicted molar refractivity (Wildman–Crippen MR) is 72.8 cm³/mol. The normalized spacial score (nSPS) is 11.0. The highest BCUT2D eigenvalue weighted by atomic mass is 19.4. The van der Waals surface area contributed by atoms with Gasteiger partial charge in [-0.1, -0.05) is 0 Å². The van der Waals surface area contributed by atoms with Gasteiger partial charge in [0.2, 0.25) is 0 Å². The molecular formula is C13H16F3N3O4. The van der Waals surface area contributed by atoms with E-state index >= 15 is 0 Å². The molecule has 0 fully saturated rings. The summed E-state index contributed by atoms with van der Waals surface area (Å²) in [4.78, 5) is 34.0. The lowest BCUT2D eigenvalue weighted by molar-refractivity contribution is -0.141. The molecule has 1 rings (SSSR count). The quantitative estimate of drug-likeness (QED) is 0.811. The number of nitrogens with one attached hydrogen (secondary N) is 2. The van der Waals surface area contributed by atoms with Crippen LogP contribution in [0.3, 0.4) is 0 Å². The summed E-state index contributed by atoms with van der Waals surface area (Å²) < 4.78 is 43.1. The van der Waals surface area contributed by atoms with Gasteiger partial charge in [-0.05, 0) is 19.9 Å². The molecule has 0 aliphatic heterocycles. The molecule has 1 aromatic heterocycles. The van der Waals surface area contributed by atoms with E-state index in [1.807, 2.05) is 5.32 Å². The molecule has 0 unspecified atom stereocenters. The molecule has 10 heteroatoms. The maximum absolute atomic E-state index is 12.5. The van der Waals surface area contributed by atoms with Crippen LogP contribution in [0.25, 0.3) is 0 Å². The molecule has 0 bridgehead atoms. The number of aryl methyl sites for hydroxylation is 1. The van der Waals surface area contributed by atoms with Gasteiger partial charge in [0.25, 0.3) is 5.91 Å². The first-order chi connectivity index (χ1) is 10.5. The molecule has 0 spiro atoms. The predicted octanol–water partition coefficient (Wildman–Crippen LogP) is 1.28. The Morgan fingerprint density at radius 2 is 1.87 bits per heavy atom. The van der Waals surface area contributed by atoms with Crippen molar-refractivity contribution in [2.24, 2.45) is 0 Å². The number of carbonyl (C=O) groups excluding carboxylic acids is 3. The van der Waals surface area contributed by atoms with Gasteiger partial charge < -0.3 is 14.6 Å². The second-order valence-electron chi connectivity index (χ2n) is 4.69. The highest BCUT2D eigenvalue weighted by Gasteiger charge is 2.30. The van der Waals surface area contributed by atoms with Crippen molar-refractivity contribution in [3.63, 3.8) is 0 Å². The van der Waals surface area contributed by atoms with Gasteiger partial charge in [0.1, 0.15) is 6.54 Å². The van der Waals surface area contributed by atoms with Crippen LogP contribution < -0.4 is 10.6 Å². The molecule has 0 saturated carbocycles. The van der Waals surface area contributed by atoms with E-state index in [2.05, 4.69) is 10.1 Å². The summed E-state index contributed by atoms with van der Waals surface area (Å²) in [5.41, 5.74) is 0.248. The Hall–Kier alpha value is -2.52. The molecule has 128 valence electrons. The third-order valence-electron chi connectivity index (χ3n) is 2.95. The van der Waals surface area contributed by atoms with Gasteiger partial charge in [0.15, 0.2) is 6.61 Å². The van der Waals surface area contributed by atoms with E-state index in [0.717, 1.165) is 4.57 Å². The lowest BCUT2D eigenvalue weighted by Crippen LogP contribution is -2.39. The van der Waals surface area contributed by atoms with Crippen molar-refractivity contribution in [3.05, 3.63) is 23.0 Å². The van der Waals surface area contributed by atoms with Crippen LogP contribution in [-0.4, -0.2) is 42.3 Å². The summed E-state index contributed by atoms with van der Waals surface area (Å²) in [6, 6.07) is 0.481. The van der Waals surface area contributed by atoms with Crippen molar-refractivity contribution in [1.82, 2.24) is 15.2 Å². The van der Waals surface area contributed by atoms with E-state index in [9.17, 15) is 27.6 Å². The number of aromatic nitrogens is 1. The Labute approximate surface area is 129 Å². The van der Waals surface area contributed by atoms with Gasteiger partial charge in [-0.15, -0.1) is 0 Å². The fourth-order valence-corrected chi connectivity index (χ4v) is 1.86. The Morgan fingerprint density at radius 3 is 2.39 bits per heavy atom. The maximum Gasteiger partial charge on any atom is 0.406 e. The second-order valence-corrected chi connectivity index (χ2v) is 4.69. The van der Waals surface area contributed by atoms with Crippen LogP contribution in [0.5, 0.6) is 0 Å². The Morgan fingerprint density at radius 1 is 1.26 bits per heavy atom. The highest BCUT2D eigenvalue weighted by Crippen LogP contribution is 2.23. The first-order valence-corrected chi connectivity index (χ1v) is 6.47. The number of urea groups is 1. The zero-order valence-corrected chi connectivity index (χ0v) is 12.7. The monoisotopic (exact) mass is 335 g/mol. The number of esters is 1. The molecule has 0 aliphatic rings. The van der Waals surface area contributed by atoms with E-state index in [0.29, 0.717) is 0 Å². The number of amides is 3. The largest absolute Gasteiger partial charge is 0.452 e. The number of halogens is 3. The van der Waals surface area contributed by atoms with Crippen LogP contribution in [-0.2, 0) is 16.1 Å². The van der Waals surface area contributed by atoms with Crippen molar-refractivity contribution in [1.29, 1.82) is 0 Å². The summed E-state index contributed by atoms with van der Waals surface area (Å²) in [6.45, 7) is 0.818. The minimum Gasteiger partial charge on any atom is -0.452 e. The SMILES string of the molecule is CNC(=O)NC(=O)COC(=O)c1cc(C)n(CC(F)(F)F)c1C. The van der Waals surface area contributed by atoms with Crippen molar-refractivity contribution in [3.8, 4) is 0 Å². The topological polar surface area (TPSA) is 89.4 Å². The van der Waals surface area contributed by atoms with E-state index in [4.69, 9.17) is 0 Å². The third kappa shape index (κ3) is 5.31. The summed E-state index contributed by atoms with van der Waals surface area (Å²) in [5.74, 6) is -1.81. The smallest absolute Gasteiger partial charge is 0.406 e. The highest BCUT2D eigenvalue weighted by molar-refractivity contribution is 5.97. The number of alkyl halides is 3. The molecule has 7 nitrogen and oxygen atoms in total. The molecule has 23 heavy (non-hydrogen) atoms. The molecule has 1 aromatic rings. The van der Waals surface area contributed by atoms with Crippen LogP contribution >= 0.6 is 0 Å². The Bertz CT molecular complexity index is 623. The molecule has 0 aromatic carbocycles. The summed E-state index contributed by atoms with van der Waals surface area (Å²) >= 11 is 0. The van der Waals surface area contributed by atoms with Gasteiger partial charge in [0.05, 0.1) is 5.56 Å². The van der Waals surface area contributed by atoms with Crippen LogP contribution in [0.2, 0.25) is 0 Å². The number of carbonyl (C=O) groups is 3. The van der Waals surface area contributed by atoms with Crippen LogP contribution in [0.15, 0.2) is 6.07 Å². The molecule has 2 N–H and O–H groups in total. The lowest BCUT2D eigenvalue weighted by Gasteiger charge is -2.12. The molecular weight excluding hydrogens is 319 g/mol. The van der Waals surface area contributed by atoms with Crippen LogP contribution in [0.1, 0.15) is 21.7 Å². The van der Waals surface area contributed by atoms with Gasteiger partial charge in [-0.2, -0.15) is 13.2 Å². The van der Waals surface area contributed by atoms with Gasteiger partial charge in [-0.25, -0.2) is 9.59 Å². The molecule has 3 amide bonds. The molecule has 0 radical (unpaired) electrons. The Kier molecular flexibility index (Phi) is 5.77. The fourth-order valence-electron chi connectivity index (χ4n) is 1.86. The number of imide groups is 1. The Balaban J connectivity index is 2.76. The molecule has 1 heterocycles. The van der Waals surface area contributed by atoms with Crippen LogP contribution in [0.4, 0.5) is 18.0 Å². The first-order valence-electron chi connectivity index (χ1n) is 6.47. The standard InChI is InChI=1S/C13H16F3N3O4/c1-7-4-9(8(2)19(7)6-13(14,15)16)11(21)23-5-10(20)18-12(22)17-3/h4H,5-6H2,1-3H3,(H2,17,18,20,22).